The highest BCUT2D eigenvalue weighted by molar-refractivity contribution is 6.15. The summed E-state index contributed by atoms with van der Waals surface area (Å²) < 4.78 is 0. The van der Waals surface area contributed by atoms with Gasteiger partial charge in [-0.3, -0.25) is 24.6 Å². The van der Waals surface area contributed by atoms with Crippen LogP contribution in [0.2, 0.25) is 0 Å². The summed E-state index contributed by atoms with van der Waals surface area (Å²) in [5, 5.41) is 6.42. The summed E-state index contributed by atoms with van der Waals surface area (Å²) in [6.45, 7) is 2.45. The number of hydrogen-bond acceptors (Lipinski definition) is 4. The molecule has 6 nitrogen and oxygen atoms in total. The van der Waals surface area contributed by atoms with E-state index in [1.54, 1.807) is 0 Å². The third kappa shape index (κ3) is 2.56. The van der Waals surface area contributed by atoms with Crippen LogP contribution >= 0.6 is 0 Å². The number of likely N-dealkylation sites (tertiary alicyclic amines) is 1. The summed E-state index contributed by atoms with van der Waals surface area (Å²) in [5.41, 5.74) is 1.35. The van der Waals surface area contributed by atoms with E-state index in [1.807, 2.05) is 61.5 Å². The van der Waals surface area contributed by atoms with Crippen LogP contribution in [-0.2, 0) is 26.3 Å². The van der Waals surface area contributed by atoms with Crippen LogP contribution in [0.15, 0.2) is 54.6 Å². The summed E-state index contributed by atoms with van der Waals surface area (Å²) in [5.74, 6) is -1.90. The molecule has 3 amide bonds. The van der Waals surface area contributed by atoms with Gasteiger partial charge in [-0.1, -0.05) is 61.9 Å². The fourth-order valence-corrected chi connectivity index (χ4v) is 5.40. The van der Waals surface area contributed by atoms with Crippen LogP contribution in [0.1, 0.15) is 30.9 Å². The molecule has 2 saturated heterocycles. The van der Waals surface area contributed by atoms with Crippen molar-refractivity contribution in [1.82, 2.24) is 10.2 Å². The van der Waals surface area contributed by atoms with Gasteiger partial charge < -0.3 is 5.32 Å². The topological polar surface area (TPSA) is 78.5 Å². The van der Waals surface area contributed by atoms with E-state index >= 15 is 0 Å². The number of carbonyl (C=O) groups is 3. The average molecular weight is 403 g/mol. The molecular weight excluding hydrogens is 378 g/mol. The fraction of sp³-hybridized carbons (Fsp3) is 0.375. The Morgan fingerprint density at radius 1 is 0.967 bits per heavy atom. The minimum atomic E-state index is -1.20. The lowest BCUT2D eigenvalue weighted by Gasteiger charge is -2.29. The SMILES string of the molecule is CCCCN1C(=O)[C@H]2[C@@H](C1=O)[C@]1(N[C@@H]2Cc2ccccc2)C(=O)Nc2ccccc21. The molecule has 2 N–H and O–H groups in total. The Morgan fingerprint density at radius 3 is 2.47 bits per heavy atom. The molecule has 1 spiro atoms. The third-order valence-electron chi connectivity index (χ3n) is 6.75. The van der Waals surface area contributed by atoms with E-state index < -0.39 is 17.4 Å². The summed E-state index contributed by atoms with van der Waals surface area (Å²) in [4.78, 5) is 41.6. The second-order valence-electron chi connectivity index (χ2n) is 8.43. The zero-order valence-electron chi connectivity index (χ0n) is 16.9. The zero-order valence-corrected chi connectivity index (χ0v) is 16.9. The maximum Gasteiger partial charge on any atom is 0.250 e. The number of amides is 3. The van der Waals surface area contributed by atoms with Crippen LogP contribution in [0.5, 0.6) is 0 Å². The maximum atomic E-state index is 13.5. The smallest absolute Gasteiger partial charge is 0.250 e. The van der Waals surface area contributed by atoms with Crippen molar-refractivity contribution in [3.63, 3.8) is 0 Å². The van der Waals surface area contributed by atoms with Crippen molar-refractivity contribution in [2.75, 3.05) is 11.9 Å². The number of benzene rings is 2. The van der Waals surface area contributed by atoms with Gasteiger partial charge in [-0.05, 0) is 24.5 Å². The van der Waals surface area contributed by atoms with E-state index in [9.17, 15) is 14.4 Å². The van der Waals surface area contributed by atoms with Crippen molar-refractivity contribution in [1.29, 1.82) is 0 Å². The first kappa shape index (κ1) is 19.0. The molecule has 3 aliphatic rings. The predicted octanol–water partition coefficient (Wildman–Crippen LogP) is 2.45. The summed E-state index contributed by atoms with van der Waals surface area (Å²) in [6.07, 6.45) is 2.25. The van der Waals surface area contributed by atoms with Crippen molar-refractivity contribution in [3.05, 3.63) is 65.7 Å². The number of anilines is 1. The van der Waals surface area contributed by atoms with Gasteiger partial charge in [0.05, 0.1) is 11.8 Å². The van der Waals surface area contributed by atoms with Crippen molar-refractivity contribution in [2.24, 2.45) is 11.8 Å². The zero-order chi connectivity index (χ0) is 20.9. The van der Waals surface area contributed by atoms with E-state index in [-0.39, 0.29) is 23.8 Å². The lowest BCUT2D eigenvalue weighted by molar-refractivity contribution is -0.142. The molecule has 4 atom stereocenters. The number of hydrogen-bond donors (Lipinski definition) is 2. The van der Waals surface area contributed by atoms with E-state index in [0.29, 0.717) is 18.7 Å². The molecule has 0 saturated carbocycles. The van der Waals surface area contributed by atoms with Gasteiger partial charge in [0.2, 0.25) is 17.7 Å². The Labute approximate surface area is 175 Å². The van der Waals surface area contributed by atoms with Crippen molar-refractivity contribution < 1.29 is 14.4 Å². The van der Waals surface area contributed by atoms with Crippen molar-refractivity contribution in [3.8, 4) is 0 Å². The molecule has 6 heteroatoms. The average Bonchev–Trinajstić information content (AvgIpc) is 3.33. The Hall–Kier alpha value is -2.99. The highest BCUT2D eigenvalue weighted by atomic mass is 16.2. The molecule has 5 rings (SSSR count). The lowest BCUT2D eigenvalue weighted by atomic mass is 9.76. The second kappa shape index (κ2) is 7.06. The molecule has 2 fully saturated rings. The van der Waals surface area contributed by atoms with Gasteiger partial charge >= 0.3 is 0 Å². The molecule has 3 aliphatic heterocycles. The van der Waals surface area contributed by atoms with Gasteiger partial charge in [-0.15, -0.1) is 0 Å². The summed E-state index contributed by atoms with van der Waals surface area (Å²) >= 11 is 0. The second-order valence-corrected chi connectivity index (χ2v) is 8.43. The normalized spacial score (nSPS) is 29.4. The van der Waals surface area contributed by atoms with Crippen LogP contribution < -0.4 is 10.6 Å². The van der Waals surface area contributed by atoms with Crippen LogP contribution in [0, 0.1) is 11.8 Å². The van der Waals surface area contributed by atoms with Gasteiger partial charge in [0.25, 0.3) is 0 Å². The summed E-state index contributed by atoms with van der Waals surface area (Å²) in [7, 11) is 0. The molecule has 30 heavy (non-hydrogen) atoms. The lowest BCUT2D eigenvalue weighted by Crippen LogP contribution is -2.53. The minimum Gasteiger partial charge on any atom is -0.324 e. The standard InChI is InChI=1S/C24H25N3O3/c1-2-3-13-27-21(28)19-18(14-15-9-5-4-6-10-15)26-24(20(19)22(27)29)16-11-7-8-12-17(16)25-23(24)30/h4-12,18-20,26H,2-3,13-14H2,1H3,(H,25,30)/t18-,19-,20+,24+/m1/s1. The van der Waals surface area contributed by atoms with Crippen LogP contribution in [0.25, 0.3) is 0 Å². The molecule has 3 heterocycles. The molecule has 154 valence electrons. The number of imide groups is 1. The van der Waals surface area contributed by atoms with E-state index in [4.69, 9.17) is 0 Å². The van der Waals surface area contributed by atoms with Crippen LogP contribution in [-0.4, -0.2) is 35.2 Å². The molecule has 0 aromatic heterocycles. The maximum absolute atomic E-state index is 13.5. The molecule has 0 aliphatic carbocycles. The third-order valence-corrected chi connectivity index (χ3v) is 6.75. The van der Waals surface area contributed by atoms with Gasteiger partial charge in [-0.2, -0.15) is 0 Å². The number of nitrogens with zero attached hydrogens (tertiary/aromatic N) is 1. The molecule has 2 aromatic rings. The Balaban J connectivity index is 1.60. The molecule has 0 radical (unpaired) electrons. The Morgan fingerprint density at radius 2 is 1.70 bits per heavy atom. The van der Waals surface area contributed by atoms with Gasteiger partial charge in [0.15, 0.2) is 0 Å². The molecule has 0 bridgehead atoms. The van der Waals surface area contributed by atoms with Gasteiger partial charge in [-0.25, -0.2) is 0 Å². The highest BCUT2D eigenvalue weighted by Crippen LogP contribution is 2.53. The quantitative estimate of drug-likeness (QED) is 0.752. The van der Waals surface area contributed by atoms with E-state index in [0.717, 1.165) is 24.0 Å². The van der Waals surface area contributed by atoms with Crippen molar-refractivity contribution in [2.45, 2.75) is 37.8 Å². The number of carbonyl (C=O) groups excluding carboxylic acids is 3. The molecule has 2 aromatic carbocycles. The molecule has 0 unspecified atom stereocenters. The number of unbranched alkanes of at least 4 members (excludes halogenated alkanes) is 1. The first-order valence-corrected chi connectivity index (χ1v) is 10.7. The van der Waals surface area contributed by atoms with E-state index in [1.165, 1.54) is 4.90 Å². The monoisotopic (exact) mass is 403 g/mol. The number of rotatable bonds is 5. The number of fused-ring (bicyclic) bond motifs is 4. The number of para-hydroxylation sites is 1. The molecular formula is C24H25N3O3. The van der Waals surface area contributed by atoms with Gasteiger partial charge in [0.1, 0.15) is 5.54 Å². The fourth-order valence-electron chi connectivity index (χ4n) is 5.40. The van der Waals surface area contributed by atoms with Crippen molar-refractivity contribution >= 4 is 23.4 Å². The predicted molar refractivity (Wildman–Crippen MR) is 112 cm³/mol. The first-order chi connectivity index (χ1) is 14.6. The highest BCUT2D eigenvalue weighted by Gasteiger charge is 2.70. The largest absolute Gasteiger partial charge is 0.324 e. The van der Waals surface area contributed by atoms with Gasteiger partial charge in [0, 0.05) is 23.8 Å². The van der Waals surface area contributed by atoms with Crippen LogP contribution in [0.3, 0.4) is 0 Å². The Bertz CT molecular complexity index is 1020. The number of nitrogens with one attached hydrogen (secondary N) is 2. The van der Waals surface area contributed by atoms with Crippen LogP contribution in [0.4, 0.5) is 5.69 Å². The first-order valence-electron chi connectivity index (χ1n) is 10.7. The van der Waals surface area contributed by atoms with E-state index in [2.05, 4.69) is 10.6 Å². The summed E-state index contributed by atoms with van der Waals surface area (Å²) in [6, 6.07) is 17.1. The minimum absolute atomic E-state index is 0.152. The Kier molecular flexibility index (Phi) is 4.47.